The van der Waals surface area contributed by atoms with Crippen LogP contribution in [-0.4, -0.2) is 55.5 Å². The second-order valence-corrected chi connectivity index (χ2v) is 9.58. The SMILES string of the molecule is CCOc1cc(CN2CCC(Nc3nc4cc(OC(=O)OC)ccc4s3)CC2)cc(OCC)c1Cl. The van der Waals surface area contributed by atoms with Crippen molar-refractivity contribution >= 4 is 44.4 Å². The number of likely N-dealkylation sites (tertiary alicyclic amines) is 1. The molecule has 1 saturated heterocycles. The molecule has 0 unspecified atom stereocenters. The van der Waals surface area contributed by atoms with Gasteiger partial charge in [0.25, 0.3) is 0 Å². The first-order valence-corrected chi connectivity index (χ1v) is 12.9. The van der Waals surface area contributed by atoms with Crippen molar-refractivity contribution in [2.75, 3.05) is 38.7 Å². The van der Waals surface area contributed by atoms with E-state index < -0.39 is 6.16 Å². The number of hydrogen-bond acceptors (Lipinski definition) is 9. The van der Waals surface area contributed by atoms with Gasteiger partial charge in [-0.05, 0) is 56.5 Å². The Kier molecular flexibility index (Phi) is 8.54. The number of halogens is 1. The van der Waals surface area contributed by atoms with Crippen molar-refractivity contribution in [3.63, 3.8) is 0 Å². The lowest BCUT2D eigenvalue weighted by atomic mass is 10.0. The van der Waals surface area contributed by atoms with Gasteiger partial charge in [-0.2, -0.15) is 0 Å². The highest BCUT2D eigenvalue weighted by atomic mass is 35.5. The fourth-order valence-electron chi connectivity index (χ4n) is 4.08. The third-order valence-electron chi connectivity index (χ3n) is 5.71. The number of carbonyl (C=O) groups is 1. The molecule has 1 N–H and O–H groups in total. The van der Waals surface area contributed by atoms with Gasteiger partial charge < -0.3 is 24.3 Å². The van der Waals surface area contributed by atoms with Gasteiger partial charge in [-0.3, -0.25) is 4.90 Å². The molecule has 0 spiro atoms. The lowest BCUT2D eigenvalue weighted by Crippen LogP contribution is -2.38. The van der Waals surface area contributed by atoms with Crippen LogP contribution in [-0.2, 0) is 11.3 Å². The molecule has 2 aromatic carbocycles. The Morgan fingerprint density at radius 2 is 1.83 bits per heavy atom. The second-order valence-electron chi connectivity index (χ2n) is 8.17. The Bertz CT molecular complexity index is 1140. The lowest BCUT2D eigenvalue weighted by Gasteiger charge is -2.32. The molecule has 0 radical (unpaired) electrons. The Hall–Kier alpha value is -2.75. The van der Waals surface area contributed by atoms with Gasteiger partial charge in [0.2, 0.25) is 0 Å². The number of piperidine rings is 1. The lowest BCUT2D eigenvalue weighted by molar-refractivity contribution is 0.121. The number of thiazole rings is 1. The summed E-state index contributed by atoms with van der Waals surface area (Å²) >= 11 is 8.03. The minimum atomic E-state index is -0.744. The van der Waals surface area contributed by atoms with E-state index >= 15 is 0 Å². The smallest absolute Gasteiger partial charge is 0.492 e. The molecule has 0 amide bonds. The largest absolute Gasteiger partial charge is 0.513 e. The topological polar surface area (TPSA) is 82.2 Å². The number of aromatic nitrogens is 1. The number of benzene rings is 2. The maximum Gasteiger partial charge on any atom is 0.513 e. The monoisotopic (exact) mass is 519 g/mol. The van der Waals surface area contributed by atoms with E-state index in [9.17, 15) is 4.79 Å². The molecule has 188 valence electrons. The minimum absolute atomic E-state index is 0.348. The van der Waals surface area contributed by atoms with E-state index in [4.69, 9.17) is 25.8 Å². The van der Waals surface area contributed by atoms with E-state index in [0.717, 1.165) is 53.4 Å². The first-order valence-electron chi connectivity index (χ1n) is 11.7. The van der Waals surface area contributed by atoms with Gasteiger partial charge in [-0.25, -0.2) is 9.78 Å². The van der Waals surface area contributed by atoms with Gasteiger partial charge in [0.05, 0.1) is 30.5 Å². The highest BCUT2D eigenvalue weighted by Crippen LogP contribution is 2.36. The molecule has 0 saturated carbocycles. The summed E-state index contributed by atoms with van der Waals surface area (Å²) in [5, 5.41) is 4.97. The number of anilines is 1. The molecule has 1 aliphatic rings. The summed E-state index contributed by atoms with van der Waals surface area (Å²) in [6, 6.07) is 9.76. The number of nitrogens with zero attached hydrogens (tertiary/aromatic N) is 2. The molecule has 2 heterocycles. The van der Waals surface area contributed by atoms with E-state index in [0.29, 0.717) is 41.5 Å². The molecule has 1 aliphatic heterocycles. The van der Waals surface area contributed by atoms with Crippen LogP contribution < -0.4 is 19.5 Å². The van der Waals surface area contributed by atoms with Gasteiger partial charge in [-0.15, -0.1) is 0 Å². The predicted molar refractivity (Wildman–Crippen MR) is 138 cm³/mol. The van der Waals surface area contributed by atoms with Crippen molar-refractivity contribution in [1.82, 2.24) is 9.88 Å². The summed E-state index contributed by atoms with van der Waals surface area (Å²) in [7, 11) is 1.28. The van der Waals surface area contributed by atoms with E-state index in [2.05, 4.69) is 19.9 Å². The highest BCUT2D eigenvalue weighted by molar-refractivity contribution is 7.22. The summed E-state index contributed by atoms with van der Waals surface area (Å²) in [5.41, 5.74) is 1.91. The van der Waals surface area contributed by atoms with Crippen LogP contribution in [0.2, 0.25) is 5.02 Å². The molecule has 4 rings (SSSR count). The van der Waals surface area contributed by atoms with Crippen molar-refractivity contribution < 1.29 is 23.7 Å². The summed E-state index contributed by atoms with van der Waals surface area (Å²) in [6.45, 7) is 7.75. The Balaban J connectivity index is 1.34. The maximum absolute atomic E-state index is 11.3. The van der Waals surface area contributed by atoms with Crippen LogP contribution in [0.5, 0.6) is 17.2 Å². The normalized spacial score (nSPS) is 14.6. The average Bonchev–Trinajstić information content (AvgIpc) is 3.25. The number of fused-ring (bicyclic) bond motifs is 1. The molecule has 10 heteroatoms. The average molecular weight is 520 g/mol. The van der Waals surface area contributed by atoms with Gasteiger partial charge in [0.15, 0.2) is 5.13 Å². The fraction of sp³-hybridized carbons (Fsp3) is 0.440. The zero-order valence-corrected chi connectivity index (χ0v) is 21.7. The van der Waals surface area contributed by atoms with E-state index in [1.54, 1.807) is 23.5 Å². The maximum atomic E-state index is 11.3. The third-order valence-corrected chi connectivity index (χ3v) is 7.05. The first kappa shape index (κ1) is 25.3. The molecule has 0 aliphatic carbocycles. The van der Waals surface area contributed by atoms with Crippen LogP contribution in [0.25, 0.3) is 10.2 Å². The number of rotatable bonds is 9. The molecule has 0 bridgehead atoms. The number of carbonyl (C=O) groups excluding carboxylic acids is 1. The van der Waals surface area contributed by atoms with Crippen LogP contribution in [0, 0.1) is 0 Å². The van der Waals surface area contributed by atoms with Crippen molar-refractivity contribution in [1.29, 1.82) is 0 Å². The van der Waals surface area contributed by atoms with Crippen molar-refractivity contribution in [3.8, 4) is 17.2 Å². The van der Waals surface area contributed by atoms with E-state index in [1.807, 2.05) is 32.0 Å². The molecule has 8 nitrogen and oxygen atoms in total. The number of hydrogen-bond donors (Lipinski definition) is 1. The predicted octanol–water partition coefficient (Wildman–Crippen LogP) is 5.97. The third kappa shape index (κ3) is 6.48. The Morgan fingerprint density at radius 3 is 2.46 bits per heavy atom. The molecule has 35 heavy (non-hydrogen) atoms. The quantitative estimate of drug-likeness (QED) is 0.273. The van der Waals surface area contributed by atoms with Crippen molar-refractivity contribution in [2.24, 2.45) is 0 Å². The van der Waals surface area contributed by atoms with Crippen LogP contribution in [0.1, 0.15) is 32.3 Å². The van der Waals surface area contributed by atoms with Gasteiger partial charge >= 0.3 is 6.16 Å². The molecule has 0 atom stereocenters. The zero-order valence-electron chi connectivity index (χ0n) is 20.1. The molecule has 1 fully saturated rings. The molecule has 1 aromatic heterocycles. The van der Waals surface area contributed by atoms with Crippen molar-refractivity contribution in [2.45, 2.75) is 39.3 Å². The summed E-state index contributed by atoms with van der Waals surface area (Å²) in [6.07, 6.45) is 1.28. The summed E-state index contributed by atoms with van der Waals surface area (Å²) in [5.74, 6) is 1.75. The van der Waals surface area contributed by atoms with Crippen LogP contribution in [0.3, 0.4) is 0 Å². The van der Waals surface area contributed by atoms with Crippen LogP contribution in [0.15, 0.2) is 30.3 Å². The fourth-order valence-corrected chi connectivity index (χ4v) is 5.22. The minimum Gasteiger partial charge on any atom is -0.492 e. The van der Waals surface area contributed by atoms with Gasteiger partial charge in [0, 0.05) is 31.7 Å². The van der Waals surface area contributed by atoms with E-state index in [-0.39, 0.29) is 0 Å². The summed E-state index contributed by atoms with van der Waals surface area (Å²) < 4.78 is 22.1. The number of nitrogens with one attached hydrogen (secondary N) is 1. The Morgan fingerprint density at radius 1 is 1.14 bits per heavy atom. The second kappa shape index (κ2) is 11.8. The Labute approximate surface area is 214 Å². The first-order chi connectivity index (χ1) is 17.0. The van der Waals surface area contributed by atoms with Gasteiger partial charge in [-0.1, -0.05) is 22.9 Å². The van der Waals surface area contributed by atoms with Crippen molar-refractivity contribution in [3.05, 3.63) is 40.9 Å². The van der Waals surface area contributed by atoms with Crippen LogP contribution in [0.4, 0.5) is 9.93 Å². The highest BCUT2D eigenvalue weighted by Gasteiger charge is 2.21. The molecular formula is C25H30ClN3O5S. The molecular weight excluding hydrogens is 490 g/mol. The van der Waals surface area contributed by atoms with Crippen LogP contribution >= 0.6 is 22.9 Å². The van der Waals surface area contributed by atoms with Gasteiger partial charge in [0.1, 0.15) is 22.3 Å². The zero-order chi connectivity index (χ0) is 24.8. The number of methoxy groups -OCH3 is 1. The summed E-state index contributed by atoms with van der Waals surface area (Å²) in [4.78, 5) is 18.4. The number of ether oxygens (including phenoxy) is 4. The van der Waals surface area contributed by atoms with E-state index in [1.165, 1.54) is 7.11 Å². The molecule has 3 aromatic rings. The standard InChI is InChI=1S/C25H30ClN3O5S/c1-4-32-20-12-16(13-21(23(20)26)33-5-2)15-29-10-8-17(9-11-29)27-24-28-19-14-18(34-25(30)31-3)6-7-22(19)35-24/h6-7,12-14,17H,4-5,8-11,15H2,1-3H3,(H,27,28).